The number of sulfonamides is 1. The van der Waals surface area contributed by atoms with Crippen molar-refractivity contribution in [3.8, 4) is 0 Å². The van der Waals surface area contributed by atoms with Crippen molar-refractivity contribution >= 4 is 15.7 Å². The van der Waals surface area contributed by atoms with E-state index in [1.165, 1.54) is 6.07 Å². The fourth-order valence-electron chi connectivity index (χ4n) is 2.54. The first kappa shape index (κ1) is 14.0. The maximum Gasteiger partial charge on any atom is 0.261 e. The number of aryl methyl sites for hydroxylation is 2. The van der Waals surface area contributed by atoms with Gasteiger partial charge in [0.2, 0.25) is 0 Å². The van der Waals surface area contributed by atoms with E-state index in [1.807, 2.05) is 0 Å². The van der Waals surface area contributed by atoms with Crippen molar-refractivity contribution in [2.45, 2.75) is 24.2 Å². The SMILES string of the molecule is O=S(=O)(Nc1cc(F)cc(F)c1)c1ccc2c(c1)CCC2. The van der Waals surface area contributed by atoms with E-state index >= 15 is 0 Å². The molecule has 0 spiro atoms. The Morgan fingerprint density at radius 1 is 0.905 bits per heavy atom. The predicted molar refractivity (Wildman–Crippen MR) is 75.6 cm³/mol. The minimum absolute atomic E-state index is 0.104. The molecule has 1 aliphatic rings. The molecule has 1 N–H and O–H groups in total. The number of hydrogen-bond donors (Lipinski definition) is 1. The van der Waals surface area contributed by atoms with Gasteiger partial charge in [0, 0.05) is 6.07 Å². The number of nitrogens with one attached hydrogen (secondary N) is 1. The molecular formula is C15H13F2NO2S. The second kappa shape index (κ2) is 5.11. The fourth-order valence-corrected chi connectivity index (χ4v) is 3.63. The van der Waals surface area contributed by atoms with Crippen molar-refractivity contribution in [3.05, 3.63) is 59.2 Å². The Morgan fingerprint density at radius 3 is 2.29 bits per heavy atom. The molecule has 0 amide bonds. The van der Waals surface area contributed by atoms with Crippen LogP contribution in [0.4, 0.5) is 14.5 Å². The van der Waals surface area contributed by atoms with E-state index in [4.69, 9.17) is 0 Å². The molecule has 0 saturated heterocycles. The Bertz CT molecular complexity index is 783. The van der Waals surface area contributed by atoms with Gasteiger partial charge in [0.15, 0.2) is 0 Å². The third-order valence-corrected chi connectivity index (χ3v) is 4.87. The number of halogens is 2. The second-order valence-corrected chi connectivity index (χ2v) is 6.73. The zero-order valence-corrected chi connectivity index (χ0v) is 11.9. The summed E-state index contributed by atoms with van der Waals surface area (Å²) >= 11 is 0. The summed E-state index contributed by atoms with van der Waals surface area (Å²) in [5.41, 5.74) is 2.04. The zero-order chi connectivity index (χ0) is 15.0. The summed E-state index contributed by atoms with van der Waals surface area (Å²) in [5, 5.41) is 0. The summed E-state index contributed by atoms with van der Waals surface area (Å²) in [4.78, 5) is 0.104. The highest BCUT2D eigenvalue weighted by atomic mass is 32.2. The average molecular weight is 309 g/mol. The molecular weight excluding hydrogens is 296 g/mol. The van der Waals surface area contributed by atoms with Crippen molar-refractivity contribution < 1.29 is 17.2 Å². The summed E-state index contributed by atoms with van der Waals surface area (Å²) < 4.78 is 53.0. The molecule has 0 aliphatic heterocycles. The van der Waals surface area contributed by atoms with Crippen LogP contribution in [0.3, 0.4) is 0 Å². The monoisotopic (exact) mass is 309 g/mol. The van der Waals surface area contributed by atoms with E-state index in [0.29, 0.717) is 6.07 Å². The Labute approximate surface area is 121 Å². The molecule has 0 fully saturated rings. The lowest BCUT2D eigenvalue weighted by molar-refractivity contribution is 0.584. The maximum absolute atomic E-state index is 13.1. The molecule has 0 unspecified atom stereocenters. The van der Waals surface area contributed by atoms with Gasteiger partial charge in [-0.25, -0.2) is 17.2 Å². The first-order chi connectivity index (χ1) is 9.94. The van der Waals surface area contributed by atoms with Crippen LogP contribution in [0.15, 0.2) is 41.3 Å². The summed E-state index contributed by atoms with van der Waals surface area (Å²) in [6.45, 7) is 0. The van der Waals surface area contributed by atoms with E-state index in [1.54, 1.807) is 12.1 Å². The topological polar surface area (TPSA) is 46.2 Å². The number of benzene rings is 2. The van der Waals surface area contributed by atoms with Gasteiger partial charge in [0.1, 0.15) is 11.6 Å². The lowest BCUT2D eigenvalue weighted by atomic mass is 10.1. The minimum Gasteiger partial charge on any atom is -0.279 e. The largest absolute Gasteiger partial charge is 0.279 e. The summed E-state index contributed by atoms with van der Waals surface area (Å²) in [6.07, 6.45) is 2.83. The molecule has 110 valence electrons. The van der Waals surface area contributed by atoms with Crippen LogP contribution in [0.1, 0.15) is 17.5 Å². The van der Waals surface area contributed by atoms with E-state index < -0.39 is 21.7 Å². The summed E-state index contributed by atoms with van der Waals surface area (Å²) in [7, 11) is -3.85. The van der Waals surface area contributed by atoms with Crippen LogP contribution in [0.2, 0.25) is 0 Å². The van der Waals surface area contributed by atoms with Crippen LogP contribution in [-0.4, -0.2) is 8.42 Å². The molecule has 6 heteroatoms. The van der Waals surface area contributed by atoms with Gasteiger partial charge in [-0.05, 0) is 54.7 Å². The van der Waals surface area contributed by atoms with Crippen molar-refractivity contribution in [2.24, 2.45) is 0 Å². The number of fused-ring (bicyclic) bond motifs is 1. The van der Waals surface area contributed by atoms with Gasteiger partial charge in [0.05, 0.1) is 10.6 Å². The van der Waals surface area contributed by atoms with Gasteiger partial charge in [-0.1, -0.05) is 6.07 Å². The number of anilines is 1. The van der Waals surface area contributed by atoms with Crippen LogP contribution < -0.4 is 4.72 Å². The molecule has 1 aliphatic carbocycles. The van der Waals surface area contributed by atoms with Crippen LogP contribution in [0.5, 0.6) is 0 Å². The Balaban J connectivity index is 1.93. The van der Waals surface area contributed by atoms with Crippen LogP contribution >= 0.6 is 0 Å². The van der Waals surface area contributed by atoms with Crippen molar-refractivity contribution in [2.75, 3.05) is 4.72 Å². The molecule has 2 aromatic carbocycles. The van der Waals surface area contributed by atoms with Crippen LogP contribution in [0, 0.1) is 11.6 Å². The molecule has 2 aromatic rings. The highest BCUT2D eigenvalue weighted by Crippen LogP contribution is 2.26. The fraction of sp³-hybridized carbons (Fsp3) is 0.200. The maximum atomic E-state index is 13.1. The zero-order valence-electron chi connectivity index (χ0n) is 11.1. The molecule has 21 heavy (non-hydrogen) atoms. The highest BCUT2D eigenvalue weighted by molar-refractivity contribution is 7.92. The smallest absolute Gasteiger partial charge is 0.261 e. The average Bonchev–Trinajstić information content (AvgIpc) is 2.83. The standard InChI is InChI=1S/C15H13F2NO2S/c16-12-7-13(17)9-14(8-12)18-21(19,20)15-5-4-10-2-1-3-11(10)6-15/h4-9,18H,1-3H2. The molecule has 3 nitrogen and oxygen atoms in total. The van der Waals surface area contributed by atoms with E-state index in [0.717, 1.165) is 42.5 Å². The Morgan fingerprint density at radius 2 is 1.57 bits per heavy atom. The third kappa shape index (κ3) is 2.90. The normalized spacial score (nSPS) is 14.0. The van der Waals surface area contributed by atoms with Gasteiger partial charge in [-0.15, -0.1) is 0 Å². The molecule has 0 bridgehead atoms. The van der Waals surface area contributed by atoms with Gasteiger partial charge < -0.3 is 0 Å². The number of hydrogen-bond acceptors (Lipinski definition) is 2. The lowest BCUT2D eigenvalue weighted by Gasteiger charge is -2.10. The molecule has 0 heterocycles. The third-order valence-electron chi connectivity index (χ3n) is 3.50. The molecule has 0 radical (unpaired) electrons. The van der Waals surface area contributed by atoms with E-state index in [9.17, 15) is 17.2 Å². The molecule has 3 rings (SSSR count). The van der Waals surface area contributed by atoms with Gasteiger partial charge >= 0.3 is 0 Å². The Hall–Kier alpha value is -1.95. The second-order valence-electron chi connectivity index (χ2n) is 5.05. The highest BCUT2D eigenvalue weighted by Gasteiger charge is 2.19. The predicted octanol–water partition coefficient (Wildman–Crippen LogP) is 3.25. The molecule has 0 atom stereocenters. The van der Waals surface area contributed by atoms with Gasteiger partial charge in [-0.3, -0.25) is 4.72 Å². The van der Waals surface area contributed by atoms with Gasteiger partial charge in [0.25, 0.3) is 10.0 Å². The summed E-state index contributed by atoms with van der Waals surface area (Å²) in [6, 6.07) is 7.50. The van der Waals surface area contributed by atoms with E-state index in [2.05, 4.69) is 4.72 Å². The van der Waals surface area contributed by atoms with Crippen molar-refractivity contribution in [3.63, 3.8) is 0 Å². The van der Waals surface area contributed by atoms with Crippen molar-refractivity contribution in [1.82, 2.24) is 0 Å². The quantitative estimate of drug-likeness (QED) is 0.946. The first-order valence-electron chi connectivity index (χ1n) is 6.55. The van der Waals surface area contributed by atoms with Gasteiger partial charge in [-0.2, -0.15) is 0 Å². The molecule has 0 saturated carbocycles. The molecule has 0 aromatic heterocycles. The summed E-state index contributed by atoms with van der Waals surface area (Å²) in [5.74, 6) is -1.66. The van der Waals surface area contributed by atoms with Crippen LogP contribution in [-0.2, 0) is 22.9 Å². The lowest BCUT2D eigenvalue weighted by Crippen LogP contribution is -2.13. The number of rotatable bonds is 3. The van der Waals surface area contributed by atoms with E-state index in [-0.39, 0.29) is 10.6 Å². The Kier molecular flexibility index (Phi) is 3.41. The van der Waals surface area contributed by atoms with Crippen molar-refractivity contribution in [1.29, 1.82) is 0 Å². The first-order valence-corrected chi connectivity index (χ1v) is 8.03. The van der Waals surface area contributed by atoms with Crippen LogP contribution in [0.25, 0.3) is 0 Å². The minimum atomic E-state index is -3.85.